The molecule has 0 saturated carbocycles. The van der Waals surface area contributed by atoms with E-state index in [1.165, 1.54) is 16.1 Å². The summed E-state index contributed by atoms with van der Waals surface area (Å²) in [6.07, 6.45) is 0. The van der Waals surface area contributed by atoms with Gasteiger partial charge in [-0.1, -0.05) is 55.4 Å². The van der Waals surface area contributed by atoms with Crippen molar-refractivity contribution in [1.82, 2.24) is 4.37 Å². The van der Waals surface area contributed by atoms with Crippen LogP contribution in [0.3, 0.4) is 0 Å². The van der Waals surface area contributed by atoms with Gasteiger partial charge in [0.05, 0.1) is 5.69 Å². The van der Waals surface area contributed by atoms with Crippen LogP contribution in [0.15, 0.2) is 0 Å². The van der Waals surface area contributed by atoms with Gasteiger partial charge in [-0.3, -0.25) is 0 Å². The second-order valence-electron chi connectivity index (χ2n) is 6.93. The lowest BCUT2D eigenvalue weighted by Gasteiger charge is -2.24. The predicted octanol–water partition coefficient (Wildman–Crippen LogP) is 4.86. The average molecular weight is 239 g/mol. The van der Waals surface area contributed by atoms with Crippen LogP contribution >= 0.6 is 11.5 Å². The summed E-state index contributed by atoms with van der Waals surface area (Å²) < 4.78 is 4.72. The van der Waals surface area contributed by atoms with Crippen molar-refractivity contribution in [2.75, 3.05) is 0 Å². The van der Waals surface area contributed by atoms with E-state index < -0.39 is 0 Å². The van der Waals surface area contributed by atoms with E-state index in [-0.39, 0.29) is 10.8 Å². The molecule has 0 saturated heterocycles. The van der Waals surface area contributed by atoms with Crippen LogP contribution in [0, 0.1) is 0 Å². The number of nitrogens with zero attached hydrogens (tertiary/aromatic N) is 1. The largest absolute Gasteiger partial charge is 0.197 e. The Labute approximate surface area is 104 Å². The zero-order valence-corrected chi connectivity index (χ0v) is 12.7. The summed E-state index contributed by atoms with van der Waals surface area (Å²) in [6, 6.07) is 0. The summed E-state index contributed by atoms with van der Waals surface area (Å²) in [5, 5.41) is 0. The minimum Gasteiger partial charge on any atom is -0.197 e. The molecule has 0 aliphatic carbocycles. The third-order valence-electron chi connectivity index (χ3n) is 2.70. The Bertz CT molecular complexity index is 330. The van der Waals surface area contributed by atoms with Crippen molar-refractivity contribution in [3.63, 3.8) is 0 Å². The van der Waals surface area contributed by atoms with Crippen LogP contribution in [0.1, 0.15) is 77.4 Å². The van der Waals surface area contributed by atoms with Crippen LogP contribution in [-0.2, 0) is 10.8 Å². The maximum atomic E-state index is 4.72. The molecular formula is C14H25NS. The van der Waals surface area contributed by atoms with E-state index >= 15 is 0 Å². The third kappa shape index (κ3) is 2.65. The number of hydrogen-bond acceptors (Lipinski definition) is 2. The fourth-order valence-corrected chi connectivity index (χ4v) is 3.17. The monoisotopic (exact) mass is 239 g/mol. The number of rotatable bonds is 1. The molecule has 0 aliphatic rings. The van der Waals surface area contributed by atoms with Crippen LogP contribution in [0.4, 0.5) is 0 Å². The van der Waals surface area contributed by atoms with Crippen molar-refractivity contribution in [3.8, 4) is 0 Å². The van der Waals surface area contributed by atoms with Crippen molar-refractivity contribution >= 4 is 11.5 Å². The highest BCUT2D eigenvalue weighted by Crippen LogP contribution is 2.40. The molecule has 0 fully saturated rings. The minimum atomic E-state index is 0.152. The van der Waals surface area contributed by atoms with E-state index in [4.69, 9.17) is 4.37 Å². The molecule has 0 aromatic carbocycles. The van der Waals surface area contributed by atoms with Crippen LogP contribution in [0.2, 0.25) is 0 Å². The molecular weight excluding hydrogens is 214 g/mol. The van der Waals surface area contributed by atoms with Gasteiger partial charge in [-0.05, 0) is 28.4 Å². The molecule has 1 aromatic rings. The lowest BCUT2D eigenvalue weighted by Crippen LogP contribution is -2.18. The Balaban J connectivity index is 3.41. The second kappa shape index (κ2) is 4.14. The first-order chi connectivity index (χ1) is 7.05. The summed E-state index contributed by atoms with van der Waals surface area (Å²) in [5.41, 5.74) is 3.13. The van der Waals surface area contributed by atoms with Crippen molar-refractivity contribution < 1.29 is 0 Å². The predicted molar refractivity (Wildman–Crippen MR) is 73.6 cm³/mol. The van der Waals surface area contributed by atoms with Gasteiger partial charge in [0, 0.05) is 10.3 Å². The first kappa shape index (κ1) is 13.7. The lowest BCUT2D eigenvalue weighted by atomic mass is 9.81. The second-order valence-corrected chi connectivity index (χ2v) is 7.70. The van der Waals surface area contributed by atoms with Gasteiger partial charge in [0.1, 0.15) is 0 Å². The SMILES string of the molecule is CC(C)c1c(C(C)(C)C)nsc1C(C)(C)C. The normalized spacial score (nSPS) is 13.6. The van der Waals surface area contributed by atoms with Gasteiger partial charge in [-0.2, -0.15) is 4.37 Å². The first-order valence-corrected chi connectivity index (χ1v) is 6.83. The van der Waals surface area contributed by atoms with Gasteiger partial charge in [0.2, 0.25) is 0 Å². The molecule has 1 nitrogen and oxygen atoms in total. The molecule has 0 amide bonds. The van der Waals surface area contributed by atoms with E-state index in [2.05, 4.69) is 55.4 Å². The molecule has 0 N–H and O–H groups in total. The number of hydrogen-bond donors (Lipinski definition) is 0. The fourth-order valence-electron chi connectivity index (χ4n) is 1.91. The van der Waals surface area contributed by atoms with Crippen molar-refractivity contribution in [2.24, 2.45) is 0 Å². The molecule has 1 aromatic heterocycles. The molecule has 2 heteroatoms. The van der Waals surface area contributed by atoms with Crippen LogP contribution in [-0.4, -0.2) is 4.37 Å². The highest BCUT2D eigenvalue weighted by atomic mass is 32.1. The topological polar surface area (TPSA) is 12.9 Å². The van der Waals surface area contributed by atoms with E-state index in [9.17, 15) is 0 Å². The maximum Gasteiger partial charge on any atom is 0.0633 e. The summed E-state index contributed by atoms with van der Waals surface area (Å²) in [7, 11) is 0. The highest BCUT2D eigenvalue weighted by Gasteiger charge is 2.30. The van der Waals surface area contributed by atoms with Crippen LogP contribution in [0.5, 0.6) is 0 Å². The Hall–Kier alpha value is -0.370. The van der Waals surface area contributed by atoms with Gasteiger partial charge in [0.15, 0.2) is 0 Å². The van der Waals surface area contributed by atoms with Crippen molar-refractivity contribution in [2.45, 2.75) is 72.1 Å². The average Bonchev–Trinajstić information content (AvgIpc) is 2.43. The Morgan fingerprint density at radius 1 is 0.938 bits per heavy atom. The Morgan fingerprint density at radius 2 is 1.44 bits per heavy atom. The molecule has 16 heavy (non-hydrogen) atoms. The van der Waals surface area contributed by atoms with Gasteiger partial charge >= 0.3 is 0 Å². The maximum absolute atomic E-state index is 4.72. The quantitative estimate of drug-likeness (QED) is 0.682. The Kier molecular flexibility index (Phi) is 3.54. The van der Waals surface area contributed by atoms with E-state index in [0.717, 1.165) is 0 Å². The summed E-state index contributed by atoms with van der Waals surface area (Å²) in [4.78, 5) is 1.45. The minimum absolute atomic E-state index is 0.152. The van der Waals surface area contributed by atoms with Gasteiger partial charge in [-0.15, -0.1) is 0 Å². The van der Waals surface area contributed by atoms with E-state index in [0.29, 0.717) is 5.92 Å². The van der Waals surface area contributed by atoms with Gasteiger partial charge < -0.3 is 0 Å². The molecule has 0 atom stereocenters. The first-order valence-electron chi connectivity index (χ1n) is 6.05. The summed E-state index contributed by atoms with van der Waals surface area (Å²) in [5.74, 6) is 0.558. The van der Waals surface area contributed by atoms with Gasteiger partial charge in [-0.25, -0.2) is 0 Å². The molecule has 0 aliphatic heterocycles. The molecule has 0 radical (unpaired) electrons. The summed E-state index contributed by atoms with van der Waals surface area (Å²) in [6.45, 7) is 18.1. The standard InChI is InChI=1S/C14H25NS/c1-9(2)10-11(13(3,4)5)15-16-12(10)14(6,7)8/h9H,1-8H3. The third-order valence-corrected chi connectivity index (χ3v) is 3.99. The summed E-state index contributed by atoms with van der Waals surface area (Å²) >= 11 is 1.69. The molecule has 0 unspecified atom stereocenters. The van der Waals surface area contributed by atoms with Crippen molar-refractivity contribution in [3.05, 3.63) is 16.1 Å². The molecule has 1 rings (SSSR count). The van der Waals surface area contributed by atoms with Crippen LogP contribution in [0.25, 0.3) is 0 Å². The zero-order chi connectivity index (χ0) is 12.7. The van der Waals surface area contributed by atoms with Crippen LogP contribution < -0.4 is 0 Å². The fraction of sp³-hybridized carbons (Fsp3) is 0.786. The molecule has 0 spiro atoms. The van der Waals surface area contributed by atoms with Gasteiger partial charge in [0.25, 0.3) is 0 Å². The highest BCUT2D eigenvalue weighted by molar-refractivity contribution is 7.06. The van der Waals surface area contributed by atoms with E-state index in [1.807, 2.05) is 0 Å². The van der Waals surface area contributed by atoms with Crippen molar-refractivity contribution in [1.29, 1.82) is 0 Å². The smallest absolute Gasteiger partial charge is 0.0633 e. The molecule has 1 heterocycles. The lowest BCUT2D eigenvalue weighted by molar-refractivity contribution is 0.550. The number of aromatic nitrogens is 1. The van der Waals surface area contributed by atoms with E-state index in [1.54, 1.807) is 11.5 Å². The molecule has 0 bridgehead atoms. The molecule has 92 valence electrons. The zero-order valence-electron chi connectivity index (χ0n) is 11.9. The Morgan fingerprint density at radius 3 is 1.75 bits per heavy atom.